The van der Waals surface area contributed by atoms with Crippen LogP contribution < -0.4 is 11.1 Å². The van der Waals surface area contributed by atoms with E-state index in [1.807, 2.05) is 30.3 Å². The summed E-state index contributed by atoms with van der Waals surface area (Å²) in [6.07, 6.45) is 4.26. The number of nitrogens with one attached hydrogen (secondary N) is 1. The fraction of sp³-hybridized carbons (Fsp3) is 0.500. The third-order valence-electron chi connectivity index (χ3n) is 6.34. The number of carbonyl (C=O) groups excluding carboxylic acids is 1. The summed E-state index contributed by atoms with van der Waals surface area (Å²) in [6, 6.07) is 9.51. The van der Waals surface area contributed by atoms with E-state index in [0.717, 1.165) is 29.9 Å². The van der Waals surface area contributed by atoms with E-state index in [4.69, 9.17) is 17.3 Å². The van der Waals surface area contributed by atoms with Gasteiger partial charge >= 0.3 is 0 Å². The van der Waals surface area contributed by atoms with Gasteiger partial charge in [0.15, 0.2) is 0 Å². The maximum absolute atomic E-state index is 12.7. The van der Waals surface area contributed by atoms with Crippen molar-refractivity contribution in [3.63, 3.8) is 0 Å². The zero-order valence-corrected chi connectivity index (χ0v) is 15.3. The Balaban J connectivity index is 1.24. The number of nitrogens with two attached hydrogens (primary N) is 1. The Morgan fingerprint density at radius 1 is 1.35 bits per heavy atom. The molecular weight excluding hydrogens is 348 g/mol. The van der Waals surface area contributed by atoms with Crippen LogP contribution in [0.25, 0.3) is 10.9 Å². The maximum atomic E-state index is 12.7. The van der Waals surface area contributed by atoms with Crippen LogP contribution in [-0.2, 0) is 0 Å². The number of aromatic nitrogens is 1. The molecule has 4 unspecified atom stereocenters. The van der Waals surface area contributed by atoms with Crippen LogP contribution in [0.5, 0.6) is 0 Å². The number of rotatable bonds is 5. The number of halogens is 1. The van der Waals surface area contributed by atoms with Crippen molar-refractivity contribution < 1.29 is 4.79 Å². The van der Waals surface area contributed by atoms with E-state index >= 15 is 0 Å². The van der Waals surface area contributed by atoms with Crippen molar-refractivity contribution >= 4 is 28.4 Å². The molecule has 136 valence electrons. The summed E-state index contributed by atoms with van der Waals surface area (Å²) in [5.74, 6) is 1.35. The van der Waals surface area contributed by atoms with Crippen molar-refractivity contribution in [2.75, 3.05) is 19.6 Å². The van der Waals surface area contributed by atoms with Crippen LogP contribution in [0.3, 0.4) is 0 Å². The summed E-state index contributed by atoms with van der Waals surface area (Å²) in [5, 5.41) is 4.03. The highest BCUT2D eigenvalue weighted by atomic mass is 35.5. The fourth-order valence-corrected chi connectivity index (χ4v) is 5.11. The third-order valence-corrected chi connectivity index (χ3v) is 7.12. The molecule has 4 atom stereocenters. The Hall–Kier alpha value is -1.69. The van der Waals surface area contributed by atoms with Crippen molar-refractivity contribution in [3.8, 4) is 0 Å². The molecule has 26 heavy (non-hydrogen) atoms. The van der Waals surface area contributed by atoms with E-state index in [2.05, 4.69) is 15.2 Å². The van der Waals surface area contributed by atoms with Crippen LogP contribution in [0, 0.1) is 17.8 Å². The lowest BCUT2D eigenvalue weighted by molar-refractivity contribution is 0.0949. The van der Waals surface area contributed by atoms with Crippen LogP contribution in [0.15, 0.2) is 36.5 Å². The van der Waals surface area contributed by atoms with Gasteiger partial charge in [-0.3, -0.25) is 14.7 Å². The van der Waals surface area contributed by atoms with Gasteiger partial charge in [0.2, 0.25) is 0 Å². The van der Waals surface area contributed by atoms with Gasteiger partial charge in [0.05, 0.1) is 22.1 Å². The topological polar surface area (TPSA) is 71.2 Å². The predicted octanol–water partition coefficient (Wildman–Crippen LogP) is 2.20. The van der Waals surface area contributed by atoms with E-state index in [0.29, 0.717) is 18.0 Å². The number of benzene rings is 1. The first-order chi connectivity index (χ1) is 12.6. The minimum absolute atomic E-state index is 0.0945. The van der Waals surface area contributed by atoms with Crippen molar-refractivity contribution in [2.24, 2.45) is 23.5 Å². The van der Waals surface area contributed by atoms with E-state index in [-0.39, 0.29) is 22.9 Å². The highest BCUT2D eigenvalue weighted by Gasteiger charge is 2.72. The van der Waals surface area contributed by atoms with E-state index in [1.165, 1.54) is 12.8 Å². The van der Waals surface area contributed by atoms with E-state index in [1.54, 1.807) is 6.20 Å². The molecule has 1 aromatic heterocycles. The summed E-state index contributed by atoms with van der Waals surface area (Å²) in [6.45, 7) is 2.60. The zero-order valence-electron chi connectivity index (χ0n) is 14.6. The minimum atomic E-state index is -0.376. The lowest BCUT2D eigenvalue weighted by atomic mass is 10.1. The zero-order chi connectivity index (χ0) is 17.9. The van der Waals surface area contributed by atoms with Crippen molar-refractivity contribution in [1.82, 2.24) is 15.2 Å². The SMILES string of the molecule is NC1N(CC2CC2)CC2C(CNC(=O)c3cccc4cccnc34)C21Cl. The molecule has 0 radical (unpaired) electrons. The molecule has 2 heterocycles. The van der Waals surface area contributed by atoms with Crippen LogP contribution in [-0.4, -0.2) is 46.5 Å². The highest BCUT2D eigenvalue weighted by Crippen LogP contribution is 2.62. The predicted molar refractivity (Wildman–Crippen MR) is 102 cm³/mol. The van der Waals surface area contributed by atoms with Crippen LogP contribution >= 0.6 is 11.6 Å². The lowest BCUT2D eigenvalue weighted by Crippen LogP contribution is -2.48. The van der Waals surface area contributed by atoms with Gasteiger partial charge in [0, 0.05) is 43.1 Å². The number of amides is 1. The average Bonchev–Trinajstić information content (AvgIpc) is 3.55. The number of para-hydroxylation sites is 1. The number of nitrogens with zero attached hydrogens (tertiary/aromatic N) is 2. The molecule has 3 fully saturated rings. The first-order valence-electron chi connectivity index (χ1n) is 9.39. The Labute approximate surface area is 157 Å². The van der Waals surface area contributed by atoms with Gasteiger partial charge < -0.3 is 11.1 Å². The van der Waals surface area contributed by atoms with Crippen LogP contribution in [0.1, 0.15) is 23.2 Å². The summed E-state index contributed by atoms with van der Waals surface area (Å²) >= 11 is 6.85. The summed E-state index contributed by atoms with van der Waals surface area (Å²) in [7, 11) is 0. The summed E-state index contributed by atoms with van der Waals surface area (Å²) in [4.78, 5) is 19.0. The minimum Gasteiger partial charge on any atom is -0.352 e. The number of hydrogen-bond acceptors (Lipinski definition) is 4. The number of likely N-dealkylation sites (tertiary alicyclic amines) is 1. The Kier molecular flexibility index (Phi) is 3.75. The monoisotopic (exact) mass is 370 g/mol. The van der Waals surface area contributed by atoms with E-state index < -0.39 is 0 Å². The van der Waals surface area contributed by atoms with Gasteiger partial charge in [-0.15, -0.1) is 11.6 Å². The molecule has 1 aliphatic heterocycles. The number of alkyl halides is 1. The average molecular weight is 371 g/mol. The summed E-state index contributed by atoms with van der Waals surface area (Å²) in [5.41, 5.74) is 7.77. The summed E-state index contributed by atoms with van der Waals surface area (Å²) < 4.78 is 0. The lowest BCUT2D eigenvalue weighted by Gasteiger charge is -2.28. The van der Waals surface area contributed by atoms with Crippen molar-refractivity contribution in [3.05, 3.63) is 42.1 Å². The molecule has 3 N–H and O–H groups in total. The molecule has 0 spiro atoms. The number of hydrogen-bond donors (Lipinski definition) is 2. The highest BCUT2D eigenvalue weighted by molar-refractivity contribution is 6.27. The molecule has 3 aliphatic rings. The van der Waals surface area contributed by atoms with Crippen molar-refractivity contribution in [1.29, 1.82) is 0 Å². The molecule has 5 rings (SSSR count). The quantitative estimate of drug-likeness (QED) is 0.791. The van der Waals surface area contributed by atoms with Gasteiger partial charge in [0.25, 0.3) is 5.91 Å². The fourth-order valence-electron chi connectivity index (χ4n) is 4.58. The van der Waals surface area contributed by atoms with Gasteiger partial charge in [-0.1, -0.05) is 18.2 Å². The van der Waals surface area contributed by atoms with Crippen LogP contribution in [0.2, 0.25) is 0 Å². The number of fused-ring (bicyclic) bond motifs is 2. The molecule has 2 aromatic rings. The molecule has 6 heteroatoms. The van der Waals surface area contributed by atoms with E-state index in [9.17, 15) is 4.79 Å². The maximum Gasteiger partial charge on any atom is 0.253 e. The Bertz CT molecular complexity index is 865. The largest absolute Gasteiger partial charge is 0.352 e. The Morgan fingerprint density at radius 3 is 2.88 bits per heavy atom. The molecule has 1 amide bonds. The molecule has 5 nitrogen and oxygen atoms in total. The number of carbonyl (C=O) groups is 1. The number of piperidine rings is 1. The first-order valence-corrected chi connectivity index (χ1v) is 9.77. The molecule has 0 bridgehead atoms. The second-order valence-corrected chi connectivity index (χ2v) is 8.63. The normalized spacial score (nSPS) is 33.2. The van der Waals surface area contributed by atoms with Crippen LogP contribution in [0.4, 0.5) is 0 Å². The molecule has 1 aromatic carbocycles. The molecule has 2 aliphatic carbocycles. The number of pyridine rings is 1. The first kappa shape index (κ1) is 16.5. The van der Waals surface area contributed by atoms with Gasteiger partial charge in [-0.05, 0) is 30.9 Å². The second-order valence-electron chi connectivity index (χ2n) is 7.97. The Morgan fingerprint density at radius 2 is 2.15 bits per heavy atom. The molecular formula is C20H23ClN4O. The third kappa shape index (κ3) is 2.53. The smallest absolute Gasteiger partial charge is 0.253 e. The van der Waals surface area contributed by atoms with Gasteiger partial charge in [-0.25, -0.2) is 0 Å². The standard InChI is InChI=1S/C20H23ClN4O/c21-20-15(16(20)11-25(19(20)22)10-12-6-7-12)9-24-18(26)14-5-1-3-13-4-2-8-23-17(13)14/h1-5,8,12,15-16,19H,6-7,9-11,22H2,(H,24,26). The molecule has 2 saturated carbocycles. The van der Waals surface area contributed by atoms with Gasteiger partial charge in [0.1, 0.15) is 0 Å². The van der Waals surface area contributed by atoms with Gasteiger partial charge in [-0.2, -0.15) is 0 Å². The second kappa shape index (κ2) is 5.91. The van der Waals surface area contributed by atoms with Crippen molar-refractivity contribution in [2.45, 2.75) is 23.9 Å². The molecule has 1 saturated heterocycles.